The normalized spacial score (nSPS) is 22.6. The third kappa shape index (κ3) is 3.10. The van der Waals surface area contributed by atoms with Gasteiger partial charge in [-0.1, -0.05) is 0 Å². The maximum atomic E-state index is 14.1. The number of anilines is 1. The number of benzene rings is 1. The van der Waals surface area contributed by atoms with Gasteiger partial charge in [-0.3, -0.25) is 4.79 Å². The van der Waals surface area contributed by atoms with Gasteiger partial charge in [-0.2, -0.15) is 0 Å². The third-order valence-corrected chi connectivity index (χ3v) is 4.26. The lowest BCUT2D eigenvalue weighted by molar-refractivity contribution is 0.1000. The van der Waals surface area contributed by atoms with Gasteiger partial charge in [0.25, 0.3) is 0 Å². The molecule has 0 bridgehead atoms. The number of primary amides is 1. The van der Waals surface area contributed by atoms with Crippen LogP contribution in [0.3, 0.4) is 0 Å². The highest BCUT2D eigenvalue weighted by atomic mass is 19.1. The van der Waals surface area contributed by atoms with Gasteiger partial charge in [-0.15, -0.1) is 0 Å². The molecular weight excluding hydrogens is 257 g/mol. The highest BCUT2D eigenvalue weighted by molar-refractivity contribution is 5.93. The third-order valence-electron chi connectivity index (χ3n) is 4.26. The van der Waals surface area contributed by atoms with E-state index in [0.29, 0.717) is 17.8 Å². The highest BCUT2D eigenvalue weighted by Gasteiger charge is 2.24. The van der Waals surface area contributed by atoms with Crippen LogP contribution in [0.1, 0.15) is 36.0 Å². The number of nitrogens with one attached hydrogen (secondary N) is 1. The molecular formula is C15H22FN3O. The van der Waals surface area contributed by atoms with Crippen LogP contribution >= 0.6 is 0 Å². The monoisotopic (exact) mass is 279 g/mol. The quantitative estimate of drug-likeness (QED) is 0.885. The molecule has 1 aliphatic rings. The van der Waals surface area contributed by atoms with Crippen LogP contribution in [0.2, 0.25) is 0 Å². The first kappa shape index (κ1) is 14.8. The second-order valence-electron chi connectivity index (χ2n) is 5.44. The van der Waals surface area contributed by atoms with Crippen molar-refractivity contribution < 1.29 is 9.18 Å². The van der Waals surface area contributed by atoms with Crippen molar-refractivity contribution in [3.05, 3.63) is 29.6 Å². The minimum atomic E-state index is -0.604. The number of halogens is 1. The largest absolute Gasteiger partial charge is 0.369 e. The molecule has 0 aliphatic heterocycles. The molecule has 5 heteroatoms. The van der Waals surface area contributed by atoms with E-state index in [1.54, 1.807) is 12.1 Å². The van der Waals surface area contributed by atoms with Gasteiger partial charge in [-0.25, -0.2) is 4.39 Å². The summed E-state index contributed by atoms with van der Waals surface area (Å²) in [6.07, 6.45) is 4.29. The molecule has 0 aromatic heterocycles. The van der Waals surface area contributed by atoms with E-state index >= 15 is 0 Å². The van der Waals surface area contributed by atoms with Gasteiger partial charge in [0.1, 0.15) is 5.82 Å². The lowest BCUT2D eigenvalue weighted by atomic mass is 9.90. The fourth-order valence-electron chi connectivity index (χ4n) is 2.89. The van der Waals surface area contributed by atoms with E-state index in [1.165, 1.54) is 6.07 Å². The molecule has 1 amide bonds. The van der Waals surface area contributed by atoms with Crippen LogP contribution in [0.4, 0.5) is 10.1 Å². The number of rotatable bonds is 4. The van der Waals surface area contributed by atoms with Gasteiger partial charge in [0.15, 0.2) is 0 Å². The molecule has 3 N–H and O–H groups in total. The minimum absolute atomic E-state index is 0.207. The molecule has 0 unspecified atom stereocenters. The Kier molecular flexibility index (Phi) is 4.60. The Morgan fingerprint density at radius 3 is 2.50 bits per heavy atom. The summed E-state index contributed by atoms with van der Waals surface area (Å²) in [5, 5.41) is 3.29. The molecule has 1 aromatic carbocycles. The second-order valence-corrected chi connectivity index (χ2v) is 5.44. The molecule has 20 heavy (non-hydrogen) atoms. The summed E-state index contributed by atoms with van der Waals surface area (Å²) in [7, 11) is 3.89. The highest BCUT2D eigenvalue weighted by Crippen LogP contribution is 2.28. The molecule has 1 fully saturated rings. The lowest BCUT2D eigenvalue weighted by Gasteiger charge is -2.36. The molecule has 0 atom stereocenters. The summed E-state index contributed by atoms with van der Waals surface area (Å²) < 4.78 is 14.1. The standard InChI is InChI=1S/C15H22FN3O/c1-18-11-4-6-12(7-5-11)19(2)14-8-3-10(15(17)20)9-13(14)16/h3,8-9,11-12,18H,4-7H2,1-2H3,(H2,17,20). The van der Waals surface area contributed by atoms with Crippen molar-refractivity contribution in [1.82, 2.24) is 5.32 Å². The number of hydrogen-bond donors (Lipinski definition) is 2. The average Bonchev–Trinajstić information content (AvgIpc) is 2.46. The molecule has 2 rings (SSSR count). The fraction of sp³-hybridized carbons (Fsp3) is 0.533. The molecule has 1 saturated carbocycles. The zero-order valence-electron chi connectivity index (χ0n) is 12.0. The second kappa shape index (κ2) is 6.22. The zero-order chi connectivity index (χ0) is 14.7. The Morgan fingerprint density at radius 1 is 1.35 bits per heavy atom. The first-order valence-electron chi connectivity index (χ1n) is 7.02. The van der Waals surface area contributed by atoms with Crippen molar-refractivity contribution in [1.29, 1.82) is 0 Å². The minimum Gasteiger partial charge on any atom is -0.369 e. The summed E-state index contributed by atoms with van der Waals surface area (Å²) in [5.41, 5.74) is 5.89. The molecule has 0 saturated heterocycles. The van der Waals surface area contributed by atoms with Crippen molar-refractivity contribution in [2.24, 2.45) is 5.73 Å². The van der Waals surface area contributed by atoms with Crippen LogP contribution in [0.25, 0.3) is 0 Å². The molecule has 0 spiro atoms. The number of carbonyl (C=O) groups is 1. The Labute approximate surface area is 119 Å². The van der Waals surface area contributed by atoms with Crippen molar-refractivity contribution in [2.75, 3.05) is 19.0 Å². The molecule has 4 nitrogen and oxygen atoms in total. The van der Waals surface area contributed by atoms with Gasteiger partial charge in [0, 0.05) is 24.7 Å². The summed E-state index contributed by atoms with van der Waals surface area (Å²) in [4.78, 5) is 13.0. The molecule has 1 aliphatic carbocycles. The first-order valence-corrected chi connectivity index (χ1v) is 7.02. The topological polar surface area (TPSA) is 58.4 Å². The van der Waals surface area contributed by atoms with Crippen LogP contribution in [0, 0.1) is 5.82 Å². The molecule has 1 aromatic rings. The maximum Gasteiger partial charge on any atom is 0.248 e. The Hall–Kier alpha value is -1.62. The summed E-state index contributed by atoms with van der Waals surface area (Å²) in [5.74, 6) is -0.993. The summed E-state index contributed by atoms with van der Waals surface area (Å²) >= 11 is 0. The van der Waals surface area contributed by atoms with Crippen molar-refractivity contribution in [2.45, 2.75) is 37.8 Å². The molecule has 110 valence electrons. The van der Waals surface area contributed by atoms with Gasteiger partial charge in [0.05, 0.1) is 5.69 Å². The average molecular weight is 279 g/mol. The van der Waals surface area contributed by atoms with Gasteiger partial charge in [-0.05, 0) is 50.9 Å². The first-order chi connectivity index (χ1) is 9.52. The summed E-state index contributed by atoms with van der Waals surface area (Å²) in [6.45, 7) is 0. The van der Waals surface area contributed by atoms with Crippen LogP contribution < -0.4 is 16.0 Å². The van der Waals surface area contributed by atoms with E-state index in [1.807, 2.05) is 19.0 Å². The number of carbonyl (C=O) groups excluding carboxylic acids is 1. The smallest absolute Gasteiger partial charge is 0.248 e. The number of nitrogens with zero attached hydrogens (tertiary/aromatic N) is 1. The van der Waals surface area contributed by atoms with E-state index in [9.17, 15) is 9.18 Å². The van der Waals surface area contributed by atoms with Crippen LogP contribution in [-0.4, -0.2) is 32.1 Å². The van der Waals surface area contributed by atoms with E-state index in [2.05, 4.69) is 5.32 Å². The van der Waals surface area contributed by atoms with Crippen LogP contribution in [0.15, 0.2) is 18.2 Å². The van der Waals surface area contributed by atoms with Gasteiger partial charge < -0.3 is 16.0 Å². The maximum absolute atomic E-state index is 14.1. The number of amides is 1. The van der Waals surface area contributed by atoms with Crippen molar-refractivity contribution in [3.8, 4) is 0 Å². The summed E-state index contributed by atoms with van der Waals surface area (Å²) in [6, 6.07) is 5.35. The Bertz CT molecular complexity index is 484. The number of hydrogen-bond acceptors (Lipinski definition) is 3. The van der Waals surface area contributed by atoms with Crippen LogP contribution in [0.5, 0.6) is 0 Å². The van der Waals surface area contributed by atoms with E-state index in [4.69, 9.17) is 5.73 Å². The predicted octanol–water partition coefficient (Wildman–Crippen LogP) is 1.89. The fourth-order valence-corrected chi connectivity index (χ4v) is 2.89. The Morgan fingerprint density at radius 2 is 2.00 bits per heavy atom. The van der Waals surface area contributed by atoms with E-state index in [-0.39, 0.29) is 11.4 Å². The molecule has 0 radical (unpaired) electrons. The zero-order valence-corrected chi connectivity index (χ0v) is 12.0. The number of nitrogens with two attached hydrogens (primary N) is 1. The van der Waals surface area contributed by atoms with Crippen molar-refractivity contribution in [3.63, 3.8) is 0 Å². The van der Waals surface area contributed by atoms with E-state index in [0.717, 1.165) is 25.7 Å². The SMILES string of the molecule is CNC1CCC(N(C)c2ccc(C(N)=O)cc2F)CC1. The lowest BCUT2D eigenvalue weighted by Crippen LogP contribution is -2.40. The molecule has 0 heterocycles. The predicted molar refractivity (Wildman–Crippen MR) is 78.4 cm³/mol. The van der Waals surface area contributed by atoms with Crippen molar-refractivity contribution >= 4 is 11.6 Å². The Balaban J connectivity index is 2.09. The van der Waals surface area contributed by atoms with Gasteiger partial charge >= 0.3 is 0 Å². The van der Waals surface area contributed by atoms with E-state index < -0.39 is 5.91 Å². The van der Waals surface area contributed by atoms with Gasteiger partial charge in [0.2, 0.25) is 5.91 Å². The van der Waals surface area contributed by atoms with Crippen LogP contribution in [-0.2, 0) is 0 Å².